The van der Waals surface area contributed by atoms with Crippen LogP contribution in [0.1, 0.15) is 27.7 Å². The monoisotopic (exact) mass is 145 g/mol. The molecule has 0 unspecified atom stereocenters. The summed E-state index contributed by atoms with van der Waals surface area (Å²) in [4.78, 5) is 0. The van der Waals surface area contributed by atoms with Crippen LogP contribution in [-0.2, 0) is 9.47 Å². The minimum Gasteiger partial charge on any atom is -0.373 e. The molecule has 0 fully saturated rings. The van der Waals surface area contributed by atoms with Crippen molar-refractivity contribution in [2.45, 2.75) is 33.3 Å². The highest BCUT2D eigenvalue weighted by atomic mass is 16.5. The van der Waals surface area contributed by atoms with Crippen molar-refractivity contribution in [1.82, 2.24) is 0 Å². The van der Waals surface area contributed by atoms with Gasteiger partial charge in [0.15, 0.2) is 0 Å². The summed E-state index contributed by atoms with van der Waals surface area (Å²) in [6.45, 7) is 10.9. The molecule has 10 heavy (non-hydrogen) atoms. The lowest BCUT2D eigenvalue weighted by Gasteiger charge is -2.18. The van der Waals surface area contributed by atoms with Crippen molar-refractivity contribution in [2.75, 3.05) is 13.2 Å². The van der Waals surface area contributed by atoms with Crippen molar-refractivity contribution in [2.24, 2.45) is 0 Å². The largest absolute Gasteiger partial charge is 0.373 e. The molecule has 0 N–H and O–H groups in total. The molecule has 0 aliphatic carbocycles. The van der Waals surface area contributed by atoms with Gasteiger partial charge in [0.2, 0.25) is 0 Å². The molecule has 0 aliphatic heterocycles. The molecule has 0 aromatic carbocycles. The van der Waals surface area contributed by atoms with Crippen molar-refractivity contribution in [1.29, 1.82) is 0 Å². The molecule has 0 aromatic heterocycles. The van der Waals surface area contributed by atoms with E-state index in [0.29, 0.717) is 13.2 Å². The van der Waals surface area contributed by atoms with Crippen LogP contribution in [0.15, 0.2) is 0 Å². The maximum atomic E-state index is 5.39. The molecule has 0 rings (SSSR count). The first-order chi connectivity index (χ1) is 4.56. The minimum absolute atomic E-state index is 0.0445. The maximum absolute atomic E-state index is 5.39. The maximum Gasteiger partial charge on any atom is 0.0807 e. The fourth-order valence-corrected chi connectivity index (χ4v) is 0.514. The summed E-state index contributed by atoms with van der Waals surface area (Å²) in [7, 11) is 0. The quantitative estimate of drug-likeness (QED) is 0.563. The third-order valence-corrected chi connectivity index (χ3v) is 0.903. The Morgan fingerprint density at radius 3 is 2.20 bits per heavy atom. The van der Waals surface area contributed by atoms with E-state index in [1.807, 2.05) is 27.7 Å². The van der Waals surface area contributed by atoms with Gasteiger partial charge in [0.1, 0.15) is 0 Å². The highest BCUT2D eigenvalue weighted by molar-refractivity contribution is 4.57. The second kappa shape index (κ2) is 4.69. The summed E-state index contributed by atoms with van der Waals surface area (Å²) in [6, 6.07) is 0. The fraction of sp³-hybridized carbons (Fsp3) is 0.875. The third-order valence-electron chi connectivity index (χ3n) is 0.903. The van der Waals surface area contributed by atoms with Crippen LogP contribution in [0.4, 0.5) is 0 Å². The predicted molar refractivity (Wildman–Crippen MR) is 41.6 cm³/mol. The molecule has 0 bridgehead atoms. The average molecular weight is 145 g/mol. The second-order valence-corrected chi connectivity index (χ2v) is 3.07. The van der Waals surface area contributed by atoms with E-state index in [9.17, 15) is 0 Å². The SMILES string of the molecule is C[CH]OCCOC(C)(C)C. The predicted octanol–water partition coefficient (Wildman–Crippen LogP) is 2.00. The molecule has 2 nitrogen and oxygen atoms in total. The first-order valence-electron chi connectivity index (χ1n) is 3.59. The normalized spacial score (nSPS) is 12.0. The third kappa shape index (κ3) is 7.92. The van der Waals surface area contributed by atoms with Crippen LogP contribution < -0.4 is 0 Å². The van der Waals surface area contributed by atoms with Gasteiger partial charge in [-0.3, -0.25) is 0 Å². The van der Waals surface area contributed by atoms with Crippen molar-refractivity contribution in [3.8, 4) is 0 Å². The molecule has 2 heteroatoms. The van der Waals surface area contributed by atoms with Crippen LogP contribution in [0, 0.1) is 6.61 Å². The Labute approximate surface area is 63.5 Å². The van der Waals surface area contributed by atoms with Gasteiger partial charge in [0, 0.05) is 0 Å². The van der Waals surface area contributed by atoms with E-state index in [1.54, 1.807) is 6.61 Å². The Morgan fingerprint density at radius 1 is 1.20 bits per heavy atom. The molecular weight excluding hydrogens is 128 g/mol. The van der Waals surface area contributed by atoms with E-state index in [2.05, 4.69) is 0 Å². The molecular formula is C8H17O2. The van der Waals surface area contributed by atoms with Crippen molar-refractivity contribution >= 4 is 0 Å². The van der Waals surface area contributed by atoms with Crippen LogP contribution in [-0.4, -0.2) is 18.8 Å². The van der Waals surface area contributed by atoms with Gasteiger partial charge in [-0.25, -0.2) is 0 Å². The molecule has 0 amide bonds. The molecule has 61 valence electrons. The van der Waals surface area contributed by atoms with Gasteiger partial charge in [-0.05, 0) is 27.7 Å². The van der Waals surface area contributed by atoms with Gasteiger partial charge in [0.05, 0.1) is 25.4 Å². The van der Waals surface area contributed by atoms with Gasteiger partial charge in [-0.15, -0.1) is 0 Å². The topological polar surface area (TPSA) is 18.5 Å². The van der Waals surface area contributed by atoms with Crippen LogP contribution >= 0.6 is 0 Å². The van der Waals surface area contributed by atoms with Crippen LogP contribution in [0.5, 0.6) is 0 Å². The second-order valence-electron chi connectivity index (χ2n) is 3.07. The van der Waals surface area contributed by atoms with Crippen molar-refractivity contribution < 1.29 is 9.47 Å². The Morgan fingerprint density at radius 2 is 1.80 bits per heavy atom. The van der Waals surface area contributed by atoms with E-state index < -0.39 is 0 Å². The summed E-state index contributed by atoms with van der Waals surface area (Å²) in [5.74, 6) is 0. The van der Waals surface area contributed by atoms with E-state index >= 15 is 0 Å². The lowest BCUT2D eigenvalue weighted by Crippen LogP contribution is -2.21. The Balaban J connectivity index is 3.04. The van der Waals surface area contributed by atoms with E-state index in [-0.39, 0.29) is 5.60 Å². The van der Waals surface area contributed by atoms with E-state index in [4.69, 9.17) is 9.47 Å². The Kier molecular flexibility index (Phi) is 4.65. The number of hydrogen-bond acceptors (Lipinski definition) is 2. The zero-order chi connectivity index (χ0) is 8.04. The molecule has 0 saturated heterocycles. The molecule has 0 aromatic rings. The van der Waals surface area contributed by atoms with Crippen molar-refractivity contribution in [3.05, 3.63) is 6.61 Å². The number of hydrogen-bond donors (Lipinski definition) is 0. The molecule has 0 aliphatic rings. The van der Waals surface area contributed by atoms with Crippen LogP contribution in [0.2, 0.25) is 0 Å². The zero-order valence-electron chi connectivity index (χ0n) is 7.31. The smallest absolute Gasteiger partial charge is 0.0807 e. The minimum atomic E-state index is -0.0445. The summed E-state index contributed by atoms with van der Waals surface area (Å²) in [5, 5.41) is 0. The number of ether oxygens (including phenoxy) is 2. The summed E-state index contributed by atoms with van der Waals surface area (Å²) in [5.41, 5.74) is -0.0445. The fourth-order valence-electron chi connectivity index (χ4n) is 0.514. The molecule has 0 heterocycles. The lowest BCUT2D eigenvalue weighted by atomic mass is 10.2. The van der Waals surface area contributed by atoms with Crippen molar-refractivity contribution in [3.63, 3.8) is 0 Å². The molecule has 0 atom stereocenters. The highest BCUT2D eigenvalue weighted by Gasteiger charge is 2.08. The first kappa shape index (κ1) is 9.92. The van der Waals surface area contributed by atoms with Gasteiger partial charge in [-0.1, -0.05) is 0 Å². The summed E-state index contributed by atoms with van der Waals surface area (Å²) >= 11 is 0. The Hall–Kier alpha value is -0.0800. The van der Waals surface area contributed by atoms with E-state index in [1.165, 1.54) is 0 Å². The molecule has 0 saturated carbocycles. The first-order valence-corrected chi connectivity index (χ1v) is 3.59. The van der Waals surface area contributed by atoms with E-state index in [0.717, 1.165) is 0 Å². The van der Waals surface area contributed by atoms with Gasteiger partial charge >= 0.3 is 0 Å². The number of rotatable bonds is 4. The Bertz CT molecular complexity index is 73.8. The zero-order valence-corrected chi connectivity index (χ0v) is 7.31. The summed E-state index contributed by atoms with van der Waals surface area (Å²) in [6.07, 6.45) is 0. The molecule has 1 radical (unpaired) electrons. The van der Waals surface area contributed by atoms with Gasteiger partial charge in [-0.2, -0.15) is 0 Å². The average Bonchev–Trinajstić information content (AvgIpc) is 1.78. The molecule has 0 spiro atoms. The van der Waals surface area contributed by atoms with Crippen LogP contribution in [0.25, 0.3) is 0 Å². The standard InChI is InChI=1S/C8H17O2/c1-5-9-6-7-10-8(2,3)4/h5H,6-7H2,1-4H3. The lowest BCUT2D eigenvalue weighted by molar-refractivity contribution is -0.0261. The highest BCUT2D eigenvalue weighted by Crippen LogP contribution is 2.05. The van der Waals surface area contributed by atoms with Gasteiger partial charge in [0.25, 0.3) is 0 Å². The summed E-state index contributed by atoms with van der Waals surface area (Å²) < 4.78 is 10.4. The van der Waals surface area contributed by atoms with Gasteiger partial charge < -0.3 is 9.47 Å². The van der Waals surface area contributed by atoms with Crippen LogP contribution in [0.3, 0.4) is 0 Å².